The van der Waals surface area contributed by atoms with Crippen molar-refractivity contribution in [1.29, 1.82) is 0 Å². The molecule has 1 saturated heterocycles. The highest BCUT2D eigenvalue weighted by Gasteiger charge is 2.33. The van der Waals surface area contributed by atoms with E-state index in [9.17, 15) is 9.18 Å². The van der Waals surface area contributed by atoms with Gasteiger partial charge in [0.15, 0.2) is 0 Å². The predicted molar refractivity (Wildman–Crippen MR) is 119 cm³/mol. The van der Waals surface area contributed by atoms with E-state index in [2.05, 4.69) is 17.0 Å². The molecule has 0 unspecified atom stereocenters. The van der Waals surface area contributed by atoms with Gasteiger partial charge in [-0.15, -0.1) is 0 Å². The fourth-order valence-electron chi connectivity index (χ4n) is 4.64. The average molecular weight is 421 g/mol. The molecule has 162 valence electrons. The van der Waals surface area contributed by atoms with Crippen LogP contribution in [-0.2, 0) is 13.5 Å². The van der Waals surface area contributed by atoms with Crippen LogP contribution in [0.15, 0.2) is 48.8 Å². The SMILES string of the molecule is Cc1ccc(-c2ccnn2C)c(C(=O)N2CCC[C@@H](C)[C@H]2CCc2ccc(F)cn2)c1. The maximum absolute atomic E-state index is 13.8. The summed E-state index contributed by atoms with van der Waals surface area (Å²) in [6, 6.07) is 11.3. The molecule has 1 fully saturated rings. The molecule has 0 saturated carbocycles. The highest BCUT2D eigenvalue weighted by Crippen LogP contribution is 2.31. The quantitative estimate of drug-likeness (QED) is 0.596. The zero-order chi connectivity index (χ0) is 22.0. The second kappa shape index (κ2) is 9.00. The van der Waals surface area contributed by atoms with Gasteiger partial charge in [-0.25, -0.2) is 4.39 Å². The number of halogens is 1. The van der Waals surface area contributed by atoms with E-state index in [0.717, 1.165) is 60.3 Å². The summed E-state index contributed by atoms with van der Waals surface area (Å²) in [5.74, 6) is 0.153. The van der Waals surface area contributed by atoms with Gasteiger partial charge in [-0.1, -0.05) is 24.6 Å². The minimum Gasteiger partial charge on any atom is -0.335 e. The Morgan fingerprint density at radius 1 is 1.23 bits per heavy atom. The minimum absolute atomic E-state index is 0.0727. The van der Waals surface area contributed by atoms with Crippen LogP contribution in [-0.4, -0.2) is 38.2 Å². The maximum atomic E-state index is 13.8. The summed E-state index contributed by atoms with van der Waals surface area (Å²) in [5, 5.41) is 4.28. The highest BCUT2D eigenvalue weighted by molar-refractivity contribution is 6.01. The summed E-state index contributed by atoms with van der Waals surface area (Å²) in [6.07, 6.45) is 6.67. The molecule has 0 N–H and O–H groups in total. The molecule has 1 aliphatic rings. The Morgan fingerprint density at radius 2 is 2.06 bits per heavy atom. The standard InChI is InChI=1S/C25H29FN4O/c1-17-6-10-21(24-12-13-28-29(24)3)22(15-17)25(31)30-14-4-5-18(2)23(30)11-9-20-8-7-19(26)16-27-20/h6-8,10,12-13,15-16,18,23H,4-5,9,11,14H2,1-3H3/t18-,23-/m1/s1. The second-order valence-corrected chi connectivity index (χ2v) is 8.58. The van der Waals surface area contributed by atoms with Crippen molar-refractivity contribution in [2.24, 2.45) is 13.0 Å². The van der Waals surface area contributed by atoms with Gasteiger partial charge < -0.3 is 4.90 Å². The Labute approximate surface area is 182 Å². The zero-order valence-electron chi connectivity index (χ0n) is 18.4. The number of carbonyl (C=O) groups is 1. The number of aryl methyl sites for hydroxylation is 3. The van der Waals surface area contributed by atoms with E-state index in [4.69, 9.17) is 0 Å². The number of rotatable bonds is 5. The normalized spacial score (nSPS) is 18.9. The number of likely N-dealkylation sites (tertiary alicyclic amines) is 1. The summed E-state index contributed by atoms with van der Waals surface area (Å²) in [7, 11) is 1.89. The summed E-state index contributed by atoms with van der Waals surface area (Å²) in [6.45, 7) is 4.99. The molecule has 4 rings (SSSR count). The molecule has 1 aliphatic heterocycles. The fourth-order valence-corrected chi connectivity index (χ4v) is 4.64. The lowest BCUT2D eigenvalue weighted by Crippen LogP contribution is -2.48. The molecule has 3 heterocycles. The van der Waals surface area contributed by atoms with Gasteiger partial charge in [0.2, 0.25) is 0 Å². The predicted octanol–water partition coefficient (Wildman–Crippen LogP) is 4.80. The van der Waals surface area contributed by atoms with Gasteiger partial charge in [-0.2, -0.15) is 5.10 Å². The Bertz CT molecular complexity index is 1060. The van der Waals surface area contributed by atoms with Crippen LogP contribution in [0.1, 0.15) is 47.8 Å². The third-order valence-electron chi connectivity index (χ3n) is 6.36. The molecule has 1 aromatic carbocycles. The van der Waals surface area contributed by atoms with Crippen LogP contribution < -0.4 is 0 Å². The maximum Gasteiger partial charge on any atom is 0.254 e. The number of piperidine rings is 1. The van der Waals surface area contributed by atoms with Gasteiger partial charge in [-0.05, 0) is 62.8 Å². The molecular formula is C25H29FN4O. The first-order chi connectivity index (χ1) is 14.9. The number of aromatic nitrogens is 3. The van der Waals surface area contributed by atoms with E-state index in [1.54, 1.807) is 16.9 Å². The van der Waals surface area contributed by atoms with Crippen LogP contribution in [0.4, 0.5) is 4.39 Å². The molecule has 0 radical (unpaired) electrons. The third kappa shape index (κ3) is 4.53. The van der Waals surface area contributed by atoms with Crippen LogP contribution in [0.3, 0.4) is 0 Å². The van der Waals surface area contributed by atoms with Gasteiger partial charge in [0.25, 0.3) is 5.91 Å². The van der Waals surface area contributed by atoms with Gasteiger partial charge >= 0.3 is 0 Å². The molecule has 2 atom stereocenters. The number of nitrogens with zero attached hydrogens (tertiary/aromatic N) is 4. The molecular weight excluding hydrogens is 391 g/mol. The van der Waals surface area contributed by atoms with Crippen molar-refractivity contribution in [2.45, 2.75) is 45.6 Å². The van der Waals surface area contributed by atoms with Gasteiger partial charge in [0.05, 0.1) is 11.9 Å². The number of hydrogen-bond donors (Lipinski definition) is 0. The number of amides is 1. The van der Waals surface area contributed by atoms with Crippen LogP contribution in [0.2, 0.25) is 0 Å². The van der Waals surface area contributed by atoms with Crippen molar-refractivity contribution in [1.82, 2.24) is 19.7 Å². The first-order valence-corrected chi connectivity index (χ1v) is 10.9. The molecule has 2 aromatic heterocycles. The number of benzene rings is 1. The van der Waals surface area contributed by atoms with Crippen LogP contribution in [0.5, 0.6) is 0 Å². The lowest BCUT2D eigenvalue weighted by molar-refractivity contribution is 0.0499. The largest absolute Gasteiger partial charge is 0.335 e. The first-order valence-electron chi connectivity index (χ1n) is 10.9. The van der Waals surface area contributed by atoms with Crippen molar-refractivity contribution in [2.75, 3.05) is 6.54 Å². The average Bonchev–Trinajstić information content (AvgIpc) is 3.19. The van der Waals surface area contributed by atoms with Gasteiger partial charge in [0, 0.05) is 42.7 Å². The van der Waals surface area contributed by atoms with Crippen molar-refractivity contribution in [3.63, 3.8) is 0 Å². The lowest BCUT2D eigenvalue weighted by Gasteiger charge is -2.40. The van der Waals surface area contributed by atoms with Crippen molar-refractivity contribution in [3.8, 4) is 11.3 Å². The summed E-state index contributed by atoms with van der Waals surface area (Å²) in [4.78, 5) is 20.1. The Balaban J connectivity index is 1.62. The second-order valence-electron chi connectivity index (χ2n) is 8.58. The molecule has 0 spiro atoms. The van der Waals surface area contributed by atoms with Crippen LogP contribution in [0, 0.1) is 18.7 Å². The van der Waals surface area contributed by atoms with Crippen LogP contribution >= 0.6 is 0 Å². The molecule has 1 amide bonds. The smallest absolute Gasteiger partial charge is 0.254 e. The highest BCUT2D eigenvalue weighted by atomic mass is 19.1. The van der Waals surface area contributed by atoms with E-state index < -0.39 is 0 Å². The van der Waals surface area contributed by atoms with Crippen molar-refractivity contribution in [3.05, 3.63) is 71.4 Å². The molecule has 31 heavy (non-hydrogen) atoms. The van der Waals surface area contributed by atoms with E-state index in [0.29, 0.717) is 5.92 Å². The van der Waals surface area contributed by atoms with Crippen molar-refractivity contribution < 1.29 is 9.18 Å². The first kappa shape index (κ1) is 21.2. The molecule has 0 bridgehead atoms. The summed E-state index contributed by atoms with van der Waals surface area (Å²) < 4.78 is 15.0. The third-order valence-corrected chi connectivity index (χ3v) is 6.36. The van der Waals surface area contributed by atoms with Crippen LogP contribution in [0.25, 0.3) is 11.3 Å². The van der Waals surface area contributed by atoms with E-state index >= 15 is 0 Å². The number of hydrogen-bond acceptors (Lipinski definition) is 3. The number of pyridine rings is 1. The Hall–Kier alpha value is -3.02. The van der Waals surface area contributed by atoms with E-state index in [-0.39, 0.29) is 17.8 Å². The fraction of sp³-hybridized carbons (Fsp3) is 0.400. The van der Waals surface area contributed by atoms with Gasteiger partial charge in [0.1, 0.15) is 5.82 Å². The Kier molecular flexibility index (Phi) is 6.16. The lowest BCUT2D eigenvalue weighted by atomic mass is 9.86. The molecule has 5 nitrogen and oxygen atoms in total. The minimum atomic E-state index is -0.325. The molecule has 0 aliphatic carbocycles. The summed E-state index contributed by atoms with van der Waals surface area (Å²) in [5.41, 5.74) is 4.49. The van der Waals surface area contributed by atoms with Gasteiger partial charge in [-0.3, -0.25) is 14.5 Å². The van der Waals surface area contributed by atoms with Crippen molar-refractivity contribution >= 4 is 5.91 Å². The molecule has 6 heteroatoms. The zero-order valence-corrected chi connectivity index (χ0v) is 18.4. The summed E-state index contributed by atoms with van der Waals surface area (Å²) >= 11 is 0. The Morgan fingerprint density at radius 3 is 2.77 bits per heavy atom. The van der Waals surface area contributed by atoms with E-state index in [1.807, 2.05) is 43.1 Å². The van der Waals surface area contributed by atoms with E-state index in [1.165, 1.54) is 12.3 Å². The topological polar surface area (TPSA) is 51.0 Å². The molecule has 3 aromatic rings. The monoisotopic (exact) mass is 420 g/mol. The number of carbonyl (C=O) groups excluding carboxylic acids is 1.